The molecule has 0 fully saturated rings. The van der Waals surface area contributed by atoms with Gasteiger partial charge in [0.2, 0.25) is 0 Å². The van der Waals surface area contributed by atoms with E-state index in [1.54, 1.807) is 49.6 Å². The van der Waals surface area contributed by atoms with Crippen LogP contribution in [0.15, 0.2) is 53.4 Å². The highest BCUT2D eigenvalue weighted by Crippen LogP contribution is 2.27. The first kappa shape index (κ1) is 19.2. The second-order valence-electron chi connectivity index (χ2n) is 5.40. The molecule has 0 aliphatic carbocycles. The second-order valence-corrected chi connectivity index (χ2v) is 6.47. The van der Waals surface area contributed by atoms with E-state index in [2.05, 4.69) is 10.6 Å². The molecule has 25 heavy (non-hydrogen) atoms. The zero-order chi connectivity index (χ0) is 18.2. The number of carbonyl (C=O) groups is 1. The average molecular weight is 366 g/mol. The lowest BCUT2D eigenvalue weighted by Gasteiger charge is -2.16. The van der Waals surface area contributed by atoms with Crippen LogP contribution in [0.25, 0.3) is 0 Å². The number of anilines is 2. The van der Waals surface area contributed by atoms with Gasteiger partial charge in [0.25, 0.3) is 11.7 Å². The zero-order valence-corrected chi connectivity index (χ0v) is 14.8. The Morgan fingerprint density at radius 2 is 1.84 bits per heavy atom. The molecule has 1 unspecified atom stereocenters. The first-order valence-electron chi connectivity index (χ1n) is 7.70. The van der Waals surface area contributed by atoms with E-state index in [-0.39, 0.29) is 11.9 Å². The molecule has 0 spiro atoms. The van der Waals surface area contributed by atoms with Gasteiger partial charge in [-0.3, -0.25) is 4.79 Å². The maximum atomic E-state index is 12.4. The molecule has 1 amide bonds. The van der Waals surface area contributed by atoms with Gasteiger partial charge in [-0.2, -0.15) is 8.78 Å². The third kappa shape index (κ3) is 6.03. The van der Waals surface area contributed by atoms with E-state index >= 15 is 0 Å². The maximum absolute atomic E-state index is 12.4. The summed E-state index contributed by atoms with van der Waals surface area (Å²) in [6.45, 7) is 2.28. The highest BCUT2D eigenvalue weighted by atomic mass is 32.2. The van der Waals surface area contributed by atoms with Gasteiger partial charge in [-0.25, -0.2) is 0 Å². The van der Waals surface area contributed by atoms with Crippen LogP contribution in [-0.4, -0.2) is 31.4 Å². The topological polar surface area (TPSA) is 50.4 Å². The van der Waals surface area contributed by atoms with Gasteiger partial charge in [-0.15, -0.1) is 0 Å². The number of carbonyl (C=O) groups excluding carboxylic acids is 1. The van der Waals surface area contributed by atoms with Crippen molar-refractivity contribution in [2.24, 2.45) is 0 Å². The molecule has 0 radical (unpaired) electrons. The van der Waals surface area contributed by atoms with Crippen LogP contribution in [-0.2, 0) is 4.74 Å². The van der Waals surface area contributed by atoms with Gasteiger partial charge >= 0.3 is 0 Å². The number of hydrogen-bond donors (Lipinski definition) is 2. The molecule has 0 saturated heterocycles. The van der Waals surface area contributed by atoms with Crippen molar-refractivity contribution in [1.29, 1.82) is 0 Å². The Hall–Kier alpha value is -2.12. The van der Waals surface area contributed by atoms with Crippen LogP contribution in [0.1, 0.15) is 17.3 Å². The number of methoxy groups -OCH3 is 1. The van der Waals surface area contributed by atoms with Gasteiger partial charge < -0.3 is 15.4 Å². The number of nitrogens with one attached hydrogen (secondary N) is 2. The van der Waals surface area contributed by atoms with E-state index in [1.165, 1.54) is 0 Å². The van der Waals surface area contributed by atoms with Gasteiger partial charge in [0.05, 0.1) is 17.9 Å². The molecule has 2 aromatic carbocycles. The SMILES string of the molecule is COCC(C)NC(=O)c1ccccc1Nc1ccc(SC(F)F)cc1. The van der Waals surface area contributed by atoms with Crippen molar-refractivity contribution < 1.29 is 18.3 Å². The van der Waals surface area contributed by atoms with Crippen molar-refractivity contribution in [3.05, 3.63) is 54.1 Å². The zero-order valence-electron chi connectivity index (χ0n) is 14.0. The highest BCUT2D eigenvalue weighted by Gasteiger charge is 2.14. The number of halogens is 2. The van der Waals surface area contributed by atoms with E-state index in [1.807, 2.05) is 13.0 Å². The molecule has 0 aliphatic rings. The van der Waals surface area contributed by atoms with Crippen molar-refractivity contribution in [2.45, 2.75) is 23.6 Å². The fraction of sp³-hybridized carbons (Fsp3) is 0.278. The first-order valence-corrected chi connectivity index (χ1v) is 8.58. The summed E-state index contributed by atoms with van der Waals surface area (Å²) in [5, 5.41) is 6.01. The third-order valence-electron chi connectivity index (χ3n) is 3.32. The average Bonchev–Trinajstić information content (AvgIpc) is 2.57. The third-order valence-corrected chi connectivity index (χ3v) is 4.05. The van der Waals surface area contributed by atoms with Crippen LogP contribution < -0.4 is 10.6 Å². The molecule has 134 valence electrons. The predicted molar refractivity (Wildman–Crippen MR) is 96.8 cm³/mol. The van der Waals surface area contributed by atoms with Crippen LogP contribution in [0.3, 0.4) is 0 Å². The van der Waals surface area contributed by atoms with Crippen molar-refractivity contribution >= 4 is 29.0 Å². The minimum absolute atomic E-state index is 0.115. The summed E-state index contributed by atoms with van der Waals surface area (Å²) >= 11 is 0.496. The van der Waals surface area contributed by atoms with Gasteiger partial charge in [0, 0.05) is 23.7 Å². The summed E-state index contributed by atoms with van der Waals surface area (Å²) in [7, 11) is 1.58. The Morgan fingerprint density at radius 1 is 1.16 bits per heavy atom. The number of thioether (sulfide) groups is 1. The quantitative estimate of drug-likeness (QED) is 0.675. The molecular formula is C18H20F2N2O2S. The van der Waals surface area contributed by atoms with Gasteiger partial charge in [-0.05, 0) is 43.3 Å². The summed E-state index contributed by atoms with van der Waals surface area (Å²) in [6.07, 6.45) is 0. The molecule has 0 aliphatic heterocycles. The monoisotopic (exact) mass is 366 g/mol. The van der Waals surface area contributed by atoms with Gasteiger partial charge in [0.15, 0.2) is 0 Å². The number of alkyl halides is 2. The van der Waals surface area contributed by atoms with Crippen LogP contribution in [0.2, 0.25) is 0 Å². The van der Waals surface area contributed by atoms with E-state index in [0.29, 0.717) is 40.2 Å². The van der Waals surface area contributed by atoms with Crippen LogP contribution in [0, 0.1) is 0 Å². The molecule has 2 rings (SSSR count). The number of para-hydroxylation sites is 1. The summed E-state index contributed by atoms with van der Waals surface area (Å²) in [6, 6.07) is 13.6. The molecule has 2 N–H and O–H groups in total. The van der Waals surface area contributed by atoms with E-state index < -0.39 is 5.76 Å². The molecule has 7 heteroatoms. The largest absolute Gasteiger partial charge is 0.383 e. The molecule has 0 bridgehead atoms. The summed E-state index contributed by atoms with van der Waals surface area (Å²) in [4.78, 5) is 12.9. The van der Waals surface area contributed by atoms with Crippen molar-refractivity contribution in [3.63, 3.8) is 0 Å². The molecule has 0 saturated carbocycles. The van der Waals surface area contributed by atoms with Crippen molar-refractivity contribution in [1.82, 2.24) is 5.32 Å². The number of amides is 1. The maximum Gasteiger partial charge on any atom is 0.288 e. The molecule has 2 aromatic rings. The van der Waals surface area contributed by atoms with Crippen LogP contribution in [0.5, 0.6) is 0 Å². The predicted octanol–water partition coefficient (Wildman–Crippen LogP) is 4.51. The fourth-order valence-electron chi connectivity index (χ4n) is 2.26. The molecule has 4 nitrogen and oxygen atoms in total. The Morgan fingerprint density at radius 3 is 2.48 bits per heavy atom. The van der Waals surface area contributed by atoms with Gasteiger partial charge in [0.1, 0.15) is 0 Å². The Kier molecular flexibility index (Phi) is 7.21. The molecule has 0 aromatic heterocycles. The van der Waals surface area contributed by atoms with Crippen molar-refractivity contribution in [3.8, 4) is 0 Å². The molecular weight excluding hydrogens is 346 g/mol. The fourth-order valence-corrected chi connectivity index (χ4v) is 2.76. The van der Waals surface area contributed by atoms with Crippen LogP contribution in [0.4, 0.5) is 20.2 Å². The number of rotatable bonds is 8. The van der Waals surface area contributed by atoms with E-state index in [0.717, 1.165) is 0 Å². The standard InChI is InChI=1S/C18H20F2N2O2S/c1-12(11-24-2)21-17(23)15-5-3-4-6-16(15)22-13-7-9-14(10-8-13)25-18(19)20/h3-10,12,18,22H,11H2,1-2H3,(H,21,23). The Labute approximate surface area is 150 Å². The molecule has 1 atom stereocenters. The van der Waals surface area contributed by atoms with E-state index in [4.69, 9.17) is 4.74 Å². The summed E-state index contributed by atoms with van der Waals surface area (Å²) < 4.78 is 29.7. The minimum Gasteiger partial charge on any atom is -0.383 e. The van der Waals surface area contributed by atoms with Crippen molar-refractivity contribution in [2.75, 3.05) is 19.0 Å². The lowest BCUT2D eigenvalue weighted by atomic mass is 10.1. The molecule has 0 heterocycles. The number of hydrogen-bond acceptors (Lipinski definition) is 4. The number of ether oxygens (including phenoxy) is 1. The minimum atomic E-state index is -2.45. The lowest BCUT2D eigenvalue weighted by molar-refractivity contribution is 0.0906. The summed E-state index contributed by atoms with van der Waals surface area (Å²) in [5.41, 5.74) is 1.85. The van der Waals surface area contributed by atoms with Crippen LogP contribution >= 0.6 is 11.8 Å². The lowest BCUT2D eigenvalue weighted by Crippen LogP contribution is -2.35. The highest BCUT2D eigenvalue weighted by molar-refractivity contribution is 7.99. The van der Waals surface area contributed by atoms with Gasteiger partial charge in [-0.1, -0.05) is 23.9 Å². The summed E-state index contributed by atoms with van der Waals surface area (Å²) in [5.74, 6) is -2.66. The Balaban J connectivity index is 2.11. The number of benzene rings is 2. The normalized spacial score (nSPS) is 12.0. The second kappa shape index (κ2) is 9.39. The smallest absolute Gasteiger partial charge is 0.288 e. The Bertz CT molecular complexity index is 696. The first-order chi connectivity index (χ1) is 12.0. The van der Waals surface area contributed by atoms with E-state index in [9.17, 15) is 13.6 Å².